The van der Waals surface area contributed by atoms with Crippen molar-refractivity contribution in [1.82, 2.24) is 18.3 Å². The number of hydrogen-bond donors (Lipinski definition) is 0. The maximum Gasteiger partial charge on any atom is 0.265 e. The average molecular weight is 449 g/mol. The molecule has 0 spiro atoms. The third kappa shape index (κ3) is 2.58. The summed E-state index contributed by atoms with van der Waals surface area (Å²) in [6.45, 7) is 2.01. The lowest BCUT2D eigenvalue weighted by Crippen LogP contribution is -2.19. The standard InChI is InChI=1S/C21H13BrN4OS/c1-12-13(14-9-10-16(22)20-19(14)24-28-25-20)6-4-8-18(12)26-11-23-17-7-3-2-5-15(17)21(26)27/h2-11H,1H3. The molecule has 0 unspecified atom stereocenters. The molecule has 0 saturated heterocycles. The summed E-state index contributed by atoms with van der Waals surface area (Å²) in [6, 6.07) is 17.3. The van der Waals surface area contributed by atoms with Gasteiger partial charge in [-0.15, -0.1) is 0 Å². The van der Waals surface area contributed by atoms with Gasteiger partial charge in [0.25, 0.3) is 5.56 Å². The highest BCUT2D eigenvalue weighted by Crippen LogP contribution is 2.35. The highest BCUT2D eigenvalue weighted by atomic mass is 79.9. The summed E-state index contributed by atoms with van der Waals surface area (Å²) in [5, 5.41) is 0.601. The Morgan fingerprint density at radius 3 is 2.64 bits per heavy atom. The molecule has 2 aromatic heterocycles. The molecular formula is C21H13BrN4OS. The van der Waals surface area contributed by atoms with Gasteiger partial charge >= 0.3 is 0 Å². The van der Waals surface area contributed by atoms with E-state index in [-0.39, 0.29) is 5.56 Å². The highest BCUT2D eigenvalue weighted by molar-refractivity contribution is 9.10. The summed E-state index contributed by atoms with van der Waals surface area (Å²) in [6.07, 6.45) is 1.60. The maximum atomic E-state index is 13.0. The van der Waals surface area contributed by atoms with E-state index in [2.05, 4.69) is 29.7 Å². The third-order valence-electron chi connectivity index (χ3n) is 4.89. The Bertz CT molecular complexity index is 1420. The summed E-state index contributed by atoms with van der Waals surface area (Å²) >= 11 is 4.73. The van der Waals surface area contributed by atoms with Crippen LogP contribution < -0.4 is 5.56 Å². The topological polar surface area (TPSA) is 60.7 Å². The number of aromatic nitrogens is 4. The lowest BCUT2D eigenvalue weighted by atomic mass is 9.98. The Morgan fingerprint density at radius 1 is 0.929 bits per heavy atom. The Morgan fingerprint density at radius 2 is 1.75 bits per heavy atom. The largest absolute Gasteiger partial charge is 0.268 e. The molecule has 0 N–H and O–H groups in total. The Balaban J connectivity index is 1.76. The second-order valence-electron chi connectivity index (χ2n) is 6.44. The van der Waals surface area contributed by atoms with Gasteiger partial charge in [-0.1, -0.05) is 30.3 Å². The minimum atomic E-state index is -0.0814. The summed E-state index contributed by atoms with van der Waals surface area (Å²) < 4.78 is 11.4. The van der Waals surface area contributed by atoms with E-state index in [0.717, 1.165) is 37.9 Å². The molecular weight excluding hydrogens is 436 g/mol. The van der Waals surface area contributed by atoms with Crippen LogP contribution in [0.25, 0.3) is 38.8 Å². The zero-order valence-electron chi connectivity index (χ0n) is 14.8. The number of rotatable bonds is 2. The number of hydrogen-bond acceptors (Lipinski definition) is 5. The molecule has 0 bridgehead atoms. The predicted molar refractivity (Wildman–Crippen MR) is 116 cm³/mol. The van der Waals surface area contributed by atoms with Gasteiger partial charge in [0.05, 0.1) is 28.3 Å². The normalized spacial score (nSPS) is 11.4. The van der Waals surface area contributed by atoms with Crippen LogP contribution in [0.2, 0.25) is 0 Å². The number of benzene rings is 3. The molecule has 0 saturated carbocycles. The van der Waals surface area contributed by atoms with Gasteiger partial charge in [0.2, 0.25) is 0 Å². The molecule has 2 heterocycles. The molecule has 5 rings (SSSR count). The van der Waals surface area contributed by atoms with Gasteiger partial charge in [0, 0.05) is 10.0 Å². The van der Waals surface area contributed by atoms with Crippen molar-refractivity contribution in [3.05, 3.63) is 81.3 Å². The number of fused-ring (bicyclic) bond motifs is 2. The molecule has 28 heavy (non-hydrogen) atoms. The first kappa shape index (κ1) is 17.2. The molecule has 136 valence electrons. The van der Waals surface area contributed by atoms with Crippen LogP contribution in [0.4, 0.5) is 0 Å². The predicted octanol–water partition coefficient (Wildman–Crippen LogP) is 5.13. The van der Waals surface area contributed by atoms with Crippen LogP contribution in [0, 0.1) is 6.92 Å². The number of nitrogens with zero attached hydrogens (tertiary/aromatic N) is 4. The van der Waals surface area contributed by atoms with Crippen molar-refractivity contribution in [3.63, 3.8) is 0 Å². The molecule has 7 heteroatoms. The molecule has 0 aliphatic carbocycles. The van der Waals surface area contributed by atoms with Crippen LogP contribution >= 0.6 is 27.7 Å². The summed E-state index contributed by atoms with van der Waals surface area (Å²) in [7, 11) is 0. The van der Waals surface area contributed by atoms with Crippen molar-refractivity contribution in [2.45, 2.75) is 6.92 Å². The lowest BCUT2D eigenvalue weighted by molar-refractivity contribution is 0.953. The second kappa shape index (κ2) is 6.61. The first-order valence-electron chi connectivity index (χ1n) is 8.62. The van der Waals surface area contributed by atoms with E-state index in [1.54, 1.807) is 17.0 Å². The molecule has 0 fully saturated rings. The quantitative estimate of drug-likeness (QED) is 0.375. The fourth-order valence-corrected chi connectivity index (χ4v) is 4.57. The van der Waals surface area contributed by atoms with Gasteiger partial charge in [-0.3, -0.25) is 9.36 Å². The first-order valence-corrected chi connectivity index (χ1v) is 10.1. The van der Waals surface area contributed by atoms with E-state index in [4.69, 9.17) is 0 Å². The first-order chi connectivity index (χ1) is 13.6. The third-order valence-corrected chi connectivity index (χ3v) is 6.06. The zero-order valence-corrected chi connectivity index (χ0v) is 17.2. The minimum Gasteiger partial charge on any atom is -0.268 e. The van der Waals surface area contributed by atoms with Crippen LogP contribution in [0.1, 0.15) is 5.56 Å². The lowest BCUT2D eigenvalue weighted by Gasteiger charge is -2.14. The monoisotopic (exact) mass is 448 g/mol. The molecule has 0 amide bonds. The molecule has 5 nitrogen and oxygen atoms in total. The van der Waals surface area contributed by atoms with E-state index < -0.39 is 0 Å². The van der Waals surface area contributed by atoms with E-state index in [0.29, 0.717) is 10.9 Å². The van der Waals surface area contributed by atoms with Gasteiger partial charge in [-0.05, 0) is 58.2 Å². The smallest absolute Gasteiger partial charge is 0.265 e. The van der Waals surface area contributed by atoms with Crippen LogP contribution in [-0.4, -0.2) is 18.3 Å². The molecule has 0 radical (unpaired) electrons. The molecule has 0 aliphatic heterocycles. The van der Waals surface area contributed by atoms with Crippen molar-refractivity contribution in [3.8, 4) is 16.8 Å². The van der Waals surface area contributed by atoms with Crippen LogP contribution in [0.15, 0.2) is 70.2 Å². The van der Waals surface area contributed by atoms with Crippen molar-refractivity contribution < 1.29 is 0 Å². The van der Waals surface area contributed by atoms with Gasteiger partial charge in [0.15, 0.2) is 0 Å². The zero-order chi connectivity index (χ0) is 19.3. The highest BCUT2D eigenvalue weighted by Gasteiger charge is 2.15. The molecule has 3 aromatic carbocycles. The van der Waals surface area contributed by atoms with E-state index in [9.17, 15) is 4.79 Å². The number of halogens is 1. The maximum absolute atomic E-state index is 13.0. The Labute approximate surface area is 172 Å². The summed E-state index contributed by atoms with van der Waals surface area (Å²) in [4.78, 5) is 17.5. The Kier molecular flexibility index (Phi) is 4.07. The molecule has 0 atom stereocenters. The summed E-state index contributed by atoms with van der Waals surface area (Å²) in [5.74, 6) is 0. The van der Waals surface area contributed by atoms with Gasteiger partial charge < -0.3 is 0 Å². The van der Waals surface area contributed by atoms with Gasteiger partial charge in [0.1, 0.15) is 17.4 Å². The Hall–Kier alpha value is -2.90. The van der Waals surface area contributed by atoms with Crippen molar-refractivity contribution in [2.75, 3.05) is 0 Å². The van der Waals surface area contributed by atoms with E-state index >= 15 is 0 Å². The summed E-state index contributed by atoms with van der Waals surface area (Å²) in [5.41, 5.74) is 6.11. The van der Waals surface area contributed by atoms with Gasteiger partial charge in [-0.2, -0.15) is 8.75 Å². The fraction of sp³-hybridized carbons (Fsp3) is 0.0476. The molecule has 5 aromatic rings. The minimum absolute atomic E-state index is 0.0814. The number of para-hydroxylation sites is 1. The fourth-order valence-electron chi connectivity index (χ4n) is 3.47. The van der Waals surface area contributed by atoms with Gasteiger partial charge in [-0.25, -0.2) is 4.98 Å². The van der Waals surface area contributed by atoms with E-state index in [1.165, 1.54) is 11.7 Å². The van der Waals surface area contributed by atoms with Crippen LogP contribution in [0.5, 0.6) is 0 Å². The SMILES string of the molecule is Cc1c(-c2ccc(Br)c3nsnc23)cccc1-n1cnc2ccccc2c1=O. The van der Waals surface area contributed by atoms with Crippen LogP contribution in [-0.2, 0) is 0 Å². The van der Waals surface area contributed by atoms with E-state index in [1.807, 2.05) is 55.5 Å². The average Bonchev–Trinajstić information content (AvgIpc) is 3.21. The molecule has 0 aliphatic rings. The van der Waals surface area contributed by atoms with Crippen LogP contribution in [0.3, 0.4) is 0 Å². The second-order valence-corrected chi connectivity index (χ2v) is 7.83. The van der Waals surface area contributed by atoms with Crippen molar-refractivity contribution in [2.24, 2.45) is 0 Å². The van der Waals surface area contributed by atoms with Crippen molar-refractivity contribution >= 4 is 49.6 Å². The van der Waals surface area contributed by atoms with Crippen molar-refractivity contribution in [1.29, 1.82) is 0 Å².